The lowest BCUT2D eigenvalue weighted by Gasteiger charge is -2.24. The molecule has 1 aliphatic rings. The molecule has 3 aromatic rings. The van der Waals surface area contributed by atoms with Crippen LogP contribution in [0.25, 0.3) is 16.6 Å². The molecule has 2 aromatic carbocycles. The van der Waals surface area contributed by atoms with Crippen LogP contribution in [0.15, 0.2) is 39.6 Å². The van der Waals surface area contributed by atoms with E-state index >= 15 is 0 Å². The maximum absolute atomic E-state index is 14.5. The van der Waals surface area contributed by atoms with Gasteiger partial charge in [0, 0.05) is 17.1 Å². The van der Waals surface area contributed by atoms with E-state index in [0.29, 0.717) is 4.90 Å². The molecule has 0 bridgehead atoms. The van der Waals surface area contributed by atoms with Gasteiger partial charge in [0.25, 0.3) is 5.56 Å². The molecule has 1 aliphatic heterocycles. The molecule has 1 fully saturated rings. The Balaban J connectivity index is 2.05. The number of methoxy groups -OCH3 is 1. The summed E-state index contributed by atoms with van der Waals surface area (Å²) in [6.45, 7) is -0.844. The van der Waals surface area contributed by atoms with E-state index in [9.17, 15) is 37.5 Å². The van der Waals surface area contributed by atoms with Crippen LogP contribution >= 0.6 is 15.9 Å². The number of fused-ring (bicyclic) bond motifs is 1. The minimum Gasteiger partial charge on any atom is -0.494 e. The van der Waals surface area contributed by atoms with Crippen LogP contribution in [0.1, 0.15) is 23.9 Å². The van der Waals surface area contributed by atoms with Crippen LogP contribution in [0.4, 0.5) is 22.4 Å². The highest BCUT2D eigenvalue weighted by Crippen LogP contribution is 2.43. The zero-order valence-electron chi connectivity index (χ0n) is 17.8. The number of carbonyl (C=O) groups is 1. The van der Waals surface area contributed by atoms with E-state index in [1.54, 1.807) is 0 Å². The van der Waals surface area contributed by atoms with Crippen LogP contribution in [-0.4, -0.2) is 45.5 Å². The molecule has 35 heavy (non-hydrogen) atoms. The van der Waals surface area contributed by atoms with Crippen molar-refractivity contribution >= 4 is 32.9 Å². The van der Waals surface area contributed by atoms with Crippen molar-refractivity contribution in [2.75, 3.05) is 13.7 Å². The number of hydrogen-bond donors (Lipinski definition) is 1. The summed E-state index contributed by atoms with van der Waals surface area (Å²) in [5, 5.41) is 18.8. The van der Waals surface area contributed by atoms with Gasteiger partial charge in [-0.25, -0.2) is 14.2 Å². The first-order valence-corrected chi connectivity index (χ1v) is 10.8. The number of hydrogen-bond acceptors (Lipinski definition) is 5. The molecular weight excluding hydrogens is 540 g/mol. The molecule has 1 N–H and O–H groups in total. The molecule has 1 amide bonds. The van der Waals surface area contributed by atoms with Gasteiger partial charge in [0.2, 0.25) is 0 Å². The van der Waals surface area contributed by atoms with Gasteiger partial charge in [0.15, 0.2) is 11.6 Å². The summed E-state index contributed by atoms with van der Waals surface area (Å²) in [5.74, 6) is -3.30. The highest BCUT2D eigenvalue weighted by Gasteiger charge is 2.50. The molecule has 2 atom stereocenters. The van der Waals surface area contributed by atoms with Crippen molar-refractivity contribution in [1.82, 2.24) is 14.5 Å². The van der Waals surface area contributed by atoms with Crippen molar-refractivity contribution in [2.45, 2.75) is 18.6 Å². The molecule has 0 spiro atoms. The Hall–Kier alpha value is -3.66. The van der Waals surface area contributed by atoms with E-state index in [0.717, 1.165) is 10.6 Å². The number of amides is 1. The summed E-state index contributed by atoms with van der Waals surface area (Å²) < 4.78 is 61.0. The molecule has 1 aromatic heterocycles. The number of likely N-dealkylation sites (tertiary alicyclic amines) is 1. The maximum Gasteiger partial charge on any atom is 0.407 e. The van der Waals surface area contributed by atoms with E-state index in [-0.39, 0.29) is 38.2 Å². The number of rotatable bonds is 3. The average molecular weight is 555 g/mol. The van der Waals surface area contributed by atoms with Crippen molar-refractivity contribution in [3.63, 3.8) is 0 Å². The standard InChI is InChI=1S/C22H15BrF4N4O4/c1-35-17-3-2-12(7-15(17)24)31-19(16-6-11(22(25,26)27)9-30(16)21(33)34)29-18-13(20(31)32)4-10(8-28)5-14(18)23/h2-5,7,11,16H,6,9H2,1H3,(H,33,34)/t11-,16-/m0/s1. The maximum atomic E-state index is 14.5. The zero-order valence-corrected chi connectivity index (χ0v) is 19.4. The van der Waals surface area contributed by atoms with E-state index in [4.69, 9.17) is 4.74 Å². The lowest BCUT2D eigenvalue weighted by atomic mass is 10.0. The van der Waals surface area contributed by atoms with E-state index in [1.807, 2.05) is 6.07 Å². The third kappa shape index (κ3) is 4.29. The lowest BCUT2D eigenvalue weighted by Crippen LogP contribution is -2.35. The Morgan fingerprint density at radius 3 is 2.60 bits per heavy atom. The van der Waals surface area contributed by atoms with Gasteiger partial charge in [-0.15, -0.1) is 0 Å². The topological polar surface area (TPSA) is 108 Å². The summed E-state index contributed by atoms with van der Waals surface area (Å²) in [4.78, 5) is 30.4. The first kappa shape index (κ1) is 24.5. The summed E-state index contributed by atoms with van der Waals surface area (Å²) in [5.41, 5.74) is -0.783. The quantitative estimate of drug-likeness (QED) is 0.467. The van der Waals surface area contributed by atoms with Crippen LogP contribution in [0.3, 0.4) is 0 Å². The summed E-state index contributed by atoms with van der Waals surface area (Å²) in [6, 6.07) is 6.50. The van der Waals surface area contributed by atoms with Gasteiger partial charge in [0.05, 0.1) is 47.3 Å². The first-order chi connectivity index (χ1) is 16.5. The molecule has 182 valence electrons. The minimum absolute atomic E-state index is 0.0232. The van der Waals surface area contributed by atoms with Crippen LogP contribution in [-0.2, 0) is 0 Å². The predicted molar refractivity (Wildman–Crippen MR) is 118 cm³/mol. The average Bonchev–Trinajstić information content (AvgIpc) is 3.25. The van der Waals surface area contributed by atoms with Crippen molar-refractivity contribution in [1.29, 1.82) is 5.26 Å². The van der Waals surface area contributed by atoms with E-state index < -0.39 is 48.6 Å². The number of aromatic nitrogens is 2. The van der Waals surface area contributed by atoms with E-state index in [2.05, 4.69) is 20.9 Å². The van der Waals surface area contributed by atoms with Gasteiger partial charge in [-0.2, -0.15) is 18.4 Å². The number of nitrogens with zero attached hydrogens (tertiary/aromatic N) is 4. The number of alkyl halides is 3. The number of carboxylic acid groups (broad SMARTS) is 1. The smallest absolute Gasteiger partial charge is 0.407 e. The van der Waals surface area contributed by atoms with Gasteiger partial charge >= 0.3 is 12.3 Å². The Morgan fingerprint density at radius 2 is 2.03 bits per heavy atom. The van der Waals surface area contributed by atoms with Crippen LogP contribution < -0.4 is 10.3 Å². The highest BCUT2D eigenvalue weighted by atomic mass is 79.9. The Labute approximate surface area is 203 Å². The molecular formula is C22H15BrF4N4O4. The van der Waals surface area contributed by atoms with Crippen molar-refractivity contribution in [3.05, 3.63) is 62.4 Å². The first-order valence-electron chi connectivity index (χ1n) is 10.0. The second kappa shape index (κ2) is 8.84. The molecule has 0 radical (unpaired) electrons. The van der Waals surface area contributed by atoms with E-state index in [1.165, 1.54) is 31.4 Å². The van der Waals surface area contributed by atoms with Crippen molar-refractivity contribution in [3.8, 4) is 17.5 Å². The van der Waals surface area contributed by atoms with Crippen LogP contribution in [0, 0.1) is 23.1 Å². The SMILES string of the molecule is COc1ccc(-n2c([C@@H]3C[C@H](C(F)(F)F)CN3C(=O)O)nc3c(Br)cc(C#N)cc3c2=O)cc1F. The second-order valence-corrected chi connectivity index (χ2v) is 8.67. The fourth-order valence-electron chi connectivity index (χ4n) is 4.13. The second-order valence-electron chi connectivity index (χ2n) is 7.82. The normalized spacial score (nSPS) is 18.0. The lowest BCUT2D eigenvalue weighted by molar-refractivity contribution is -0.170. The number of halogens is 5. The Morgan fingerprint density at radius 1 is 1.31 bits per heavy atom. The molecule has 1 saturated heterocycles. The van der Waals surface area contributed by atoms with Crippen molar-refractivity contribution in [2.24, 2.45) is 5.92 Å². The Bertz CT molecular complexity index is 1450. The fraction of sp³-hybridized carbons (Fsp3) is 0.273. The fourth-order valence-corrected chi connectivity index (χ4v) is 4.67. The van der Waals surface area contributed by atoms with Crippen LogP contribution in [0.5, 0.6) is 5.75 Å². The number of ether oxygens (including phenoxy) is 1. The highest BCUT2D eigenvalue weighted by molar-refractivity contribution is 9.10. The molecule has 2 heterocycles. The van der Waals surface area contributed by atoms with Gasteiger partial charge in [0.1, 0.15) is 5.82 Å². The van der Waals surface area contributed by atoms with Gasteiger partial charge in [-0.1, -0.05) is 0 Å². The predicted octanol–water partition coefficient (Wildman–Crippen LogP) is 4.77. The molecule has 0 saturated carbocycles. The number of benzene rings is 2. The molecule has 0 aliphatic carbocycles. The van der Waals surface area contributed by atoms with Gasteiger partial charge < -0.3 is 9.84 Å². The zero-order chi connectivity index (χ0) is 25.7. The third-order valence-corrected chi connectivity index (χ3v) is 6.39. The monoisotopic (exact) mass is 554 g/mol. The third-order valence-electron chi connectivity index (χ3n) is 5.78. The molecule has 8 nitrogen and oxygen atoms in total. The van der Waals surface area contributed by atoms with Crippen LogP contribution in [0.2, 0.25) is 0 Å². The van der Waals surface area contributed by atoms with Gasteiger partial charge in [-0.3, -0.25) is 14.3 Å². The molecule has 13 heteroatoms. The molecule has 4 rings (SSSR count). The molecule has 0 unspecified atom stereocenters. The minimum atomic E-state index is -4.68. The van der Waals surface area contributed by atoms with Gasteiger partial charge in [-0.05, 0) is 46.6 Å². The summed E-state index contributed by atoms with van der Waals surface area (Å²) in [7, 11) is 1.23. The summed E-state index contributed by atoms with van der Waals surface area (Å²) in [6.07, 6.45) is -6.98. The largest absolute Gasteiger partial charge is 0.494 e. The van der Waals surface area contributed by atoms with Crippen molar-refractivity contribution < 1.29 is 32.2 Å². The summed E-state index contributed by atoms with van der Waals surface area (Å²) >= 11 is 3.22. The number of nitriles is 1. The Kier molecular flexibility index (Phi) is 6.18.